The van der Waals surface area contributed by atoms with E-state index in [1.54, 1.807) is 6.08 Å². The van der Waals surface area contributed by atoms with Crippen LogP contribution in [0.25, 0.3) is 0 Å². The fourth-order valence-electron chi connectivity index (χ4n) is 2.00. The van der Waals surface area contributed by atoms with Gasteiger partial charge in [-0.3, -0.25) is 0 Å². The third-order valence-corrected chi connectivity index (χ3v) is 3.00. The molecule has 0 aromatic heterocycles. The van der Waals surface area contributed by atoms with Gasteiger partial charge in [0, 0.05) is 0 Å². The summed E-state index contributed by atoms with van der Waals surface area (Å²) in [4.78, 5) is 0. The summed E-state index contributed by atoms with van der Waals surface area (Å²) in [5.74, 6) is -0.239. The van der Waals surface area contributed by atoms with Crippen molar-refractivity contribution in [2.24, 2.45) is 0 Å². The van der Waals surface area contributed by atoms with Gasteiger partial charge in [-0.25, -0.2) is 4.39 Å². The highest BCUT2D eigenvalue weighted by atomic mass is 19.1. The molecule has 0 aliphatic heterocycles. The lowest BCUT2D eigenvalue weighted by molar-refractivity contribution is 0.167. The van der Waals surface area contributed by atoms with Crippen LogP contribution in [0.1, 0.15) is 52.4 Å². The van der Waals surface area contributed by atoms with Crippen LogP contribution < -0.4 is 0 Å². The summed E-state index contributed by atoms with van der Waals surface area (Å²) in [6.07, 6.45) is 18.4. The summed E-state index contributed by atoms with van der Waals surface area (Å²) in [6.45, 7) is 7.44. The number of hydrogen-bond acceptors (Lipinski definition) is 1. The largest absolute Gasteiger partial charge is 0.393 e. The summed E-state index contributed by atoms with van der Waals surface area (Å²) < 4.78 is 13.0. The Morgan fingerprint density at radius 2 is 2.19 bits per heavy atom. The zero-order valence-electron chi connectivity index (χ0n) is 13.4. The van der Waals surface area contributed by atoms with Crippen LogP contribution in [0, 0.1) is 0 Å². The first kappa shape index (κ1) is 19.6. The molecule has 1 N–H and O–H groups in total. The second-order valence-corrected chi connectivity index (χ2v) is 5.05. The molecule has 21 heavy (non-hydrogen) atoms. The molecule has 1 atom stereocenters. The number of allylic oxidation sites excluding steroid dienone is 8. The van der Waals surface area contributed by atoms with Gasteiger partial charge in [-0.2, -0.15) is 0 Å². The first-order chi connectivity index (χ1) is 10.1. The SMILES string of the molecule is C=C\C=C(F)/C=C(/C=C\C)CCC.OC1CC=CCCC1. The molecule has 118 valence electrons. The van der Waals surface area contributed by atoms with Gasteiger partial charge < -0.3 is 5.11 Å². The molecule has 1 aliphatic rings. The van der Waals surface area contributed by atoms with Gasteiger partial charge in [0.15, 0.2) is 0 Å². The average molecular weight is 292 g/mol. The van der Waals surface area contributed by atoms with Crippen LogP contribution in [0.3, 0.4) is 0 Å². The van der Waals surface area contributed by atoms with E-state index < -0.39 is 0 Å². The fraction of sp³-hybridized carbons (Fsp3) is 0.474. The zero-order chi connectivity index (χ0) is 15.9. The molecule has 0 heterocycles. The topological polar surface area (TPSA) is 20.2 Å². The average Bonchev–Trinajstić information content (AvgIpc) is 2.68. The Labute approximate surface area is 129 Å². The Bertz CT molecular complexity index is 388. The van der Waals surface area contributed by atoms with Crippen LogP contribution in [0.2, 0.25) is 0 Å². The van der Waals surface area contributed by atoms with Crippen LogP contribution in [-0.4, -0.2) is 11.2 Å². The first-order valence-electron chi connectivity index (χ1n) is 7.78. The molecule has 1 nitrogen and oxygen atoms in total. The fourth-order valence-corrected chi connectivity index (χ4v) is 2.00. The van der Waals surface area contributed by atoms with E-state index in [0.29, 0.717) is 0 Å². The maximum atomic E-state index is 13.0. The Hall–Kier alpha value is -1.41. The summed E-state index contributed by atoms with van der Waals surface area (Å²) in [5.41, 5.74) is 1.01. The number of rotatable bonds is 5. The standard InChI is InChI=1S/C12H17F.C7H12O/c1-4-7-11(8-5-2)10-12(13)9-6-3;8-7-5-3-1-2-4-6-7/h4,6-7,9-10H,3,5,8H2,1-2H3;1,3,7-8H,2,4-6H2/b7-4-,11-10-,12-9+;. The molecule has 0 saturated heterocycles. The van der Waals surface area contributed by atoms with Crippen molar-refractivity contribution in [2.45, 2.75) is 58.5 Å². The van der Waals surface area contributed by atoms with E-state index in [1.165, 1.54) is 12.2 Å². The molecular weight excluding hydrogens is 263 g/mol. The molecular formula is C19H29FO. The molecule has 1 unspecified atom stereocenters. The lowest BCUT2D eigenvalue weighted by Gasteiger charge is -2.01. The Morgan fingerprint density at radius 1 is 1.43 bits per heavy atom. The van der Waals surface area contributed by atoms with E-state index in [4.69, 9.17) is 5.11 Å². The van der Waals surface area contributed by atoms with Crippen molar-refractivity contribution < 1.29 is 9.50 Å². The van der Waals surface area contributed by atoms with E-state index in [0.717, 1.165) is 44.1 Å². The molecule has 0 bridgehead atoms. The quantitative estimate of drug-likeness (QED) is 0.501. The minimum absolute atomic E-state index is 0.0613. The van der Waals surface area contributed by atoms with E-state index in [-0.39, 0.29) is 11.9 Å². The normalized spacial score (nSPS) is 19.9. The monoisotopic (exact) mass is 292 g/mol. The van der Waals surface area contributed by atoms with Crippen molar-refractivity contribution in [3.05, 3.63) is 60.5 Å². The molecule has 2 heteroatoms. The van der Waals surface area contributed by atoms with Gasteiger partial charge in [-0.1, -0.05) is 50.3 Å². The van der Waals surface area contributed by atoms with Crippen molar-refractivity contribution in [2.75, 3.05) is 0 Å². The molecule has 0 radical (unpaired) electrons. The summed E-state index contributed by atoms with van der Waals surface area (Å²) in [7, 11) is 0. The van der Waals surface area contributed by atoms with E-state index in [2.05, 4.69) is 25.7 Å². The Balaban J connectivity index is 0.000000423. The molecule has 0 amide bonds. The summed E-state index contributed by atoms with van der Waals surface area (Å²) in [5, 5.41) is 9.04. The van der Waals surface area contributed by atoms with Crippen molar-refractivity contribution in [1.82, 2.24) is 0 Å². The van der Waals surface area contributed by atoms with Crippen LogP contribution in [0.15, 0.2) is 60.5 Å². The molecule has 1 aliphatic carbocycles. The molecule has 0 spiro atoms. The maximum absolute atomic E-state index is 13.0. The Kier molecular flexibility index (Phi) is 12.7. The number of halogens is 1. The predicted octanol–water partition coefficient (Wildman–Crippen LogP) is 5.81. The summed E-state index contributed by atoms with van der Waals surface area (Å²) >= 11 is 0. The van der Waals surface area contributed by atoms with Gasteiger partial charge in [-0.15, -0.1) is 0 Å². The maximum Gasteiger partial charge on any atom is 0.123 e. The minimum atomic E-state index is -0.239. The third kappa shape index (κ3) is 12.1. The Morgan fingerprint density at radius 3 is 2.81 bits per heavy atom. The van der Waals surface area contributed by atoms with Crippen molar-refractivity contribution in [1.29, 1.82) is 0 Å². The highest BCUT2D eigenvalue weighted by molar-refractivity contribution is 5.28. The van der Waals surface area contributed by atoms with E-state index >= 15 is 0 Å². The number of aliphatic hydroxyl groups is 1. The van der Waals surface area contributed by atoms with E-state index in [1.807, 2.05) is 19.1 Å². The highest BCUT2D eigenvalue weighted by Crippen LogP contribution is 2.11. The first-order valence-corrected chi connectivity index (χ1v) is 7.78. The van der Waals surface area contributed by atoms with Gasteiger partial charge in [0.25, 0.3) is 0 Å². The van der Waals surface area contributed by atoms with Crippen molar-refractivity contribution >= 4 is 0 Å². The van der Waals surface area contributed by atoms with E-state index in [9.17, 15) is 4.39 Å². The van der Waals surface area contributed by atoms with Gasteiger partial charge in [0.1, 0.15) is 5.83 Å². The second kappa shape index (κ2) is 13.6. The number of hydrogen-bond donors (Lipinski definition) is 1. The third-order valence-electron chi connectivity index (χ3n) is 3.00. The predicted molar refractivity (Wildman–Crippen MR) is 90.8 cm³/mol. The van der Waals surface area contributed by atoms with Crippen LogP contribution in [0.5, 0.6) is 0 Å². The smallest absolute Gasteiger partial charge is 0.123 e. The van der Waals surface area contributed by atoms with Gasteiger partial charge in [0.05, 0.1) is 6.10 Å². The molecule has 1 rings (SSSR count). The van der Waals surface area contributed by atoms with Gasteiger partial charge >= 0.3 is 0 Å². The van der Waals surface area contributed by atoms with Crippen molar-refractivity contribution in [3.8, 4) is 0 Å². The lowest BCUT2D eigenvalue weighted by Crippen LogP contribution is -2.01. The lowest BCUT2D eigenvalue weighted by atomic mass is 10.1. The van der Waals surface area contributed by atoms with Crippen LogP contribution in [0.4, 0.5) is 4.39 Å². The molecule has 0 fully saturated rings. The molecule has 0 aromatic carbocycles. The molecule has 0 saturated carbocycles. The zero-order valence-corrected chi connectivity index (χ0v) is 13.4. The minimum Gasteiger partial charge on any atom is -0.393 e. The van der Waals surface area contributed by atoms with Gasteiger partial charge in [-0.05, 0) is 56.8 Å². The van der Waals surface area contributed by atoms with Crippen LogP contribution in [-0.2, 0) is 0 Å². The van der Waals surface area contributed by atoms with Crippen molar-refractivity contribution in [3.63, 3.8) is 0 Å². The second-order valence-electron chi connectivity index (χ2n) is 5.05. The summed E-state index contributed by atoms with van der Waals surface area (Å²) in [6, 6.07) is 0. The van der Waals surface area contributed by atoms with Crippen LogP contribution >= 0.6 is 0 Å². The number of aliphatic hydroxyl groups excluding tert-OH is 1. The van der Waals surface area contributed by atoms with Gasteiger partial charge in [0.2, 0.25) is 0 Å². The highest BCUT2D eigenvalue weighted by Gasteiger charge is 2.02. The molecule has 0 aromatic rings.